The highest BCUT2D eigenvalue weighted by molar-refractivity contribution is 5.91. The summed E-state index contributed by atoms with van der Waals surface area (Å²) in [7, 11) is 0. The zero-order valence-corrected chi connectivity index (χ0v) is 13.7. The van der Waals surface area contributed by atoms with Crippen molar-refractivity contribution in [1.29, 1.82) is 0 Å². The maximum Gasteiger partial charge on any atom is 0.140 e. The third-order valence-corrected chi connectivity index (χ3v) is 5.07. The fourth-order valence-electron chi connectivity index (χ4n) is 3.84. The van der Waals surface area contributed by atoms with Gasteiger partial charge in [-0.25, -0.2) is 9.97 Å². The van der Waals surface area contributed by atoms with Crippen LogP contribution in [0.2, 0.25) is 0 Å². The number of nitrogens with zero attached hydrogens (tertiary/aromatic N) is 4. The van der Waals surface area contributed by atoms with Gasteiger partial charge < -0.3 is 9.64 Å². The second kappa shape index (κ2) is 6.42. The summed E-state index contributed by atoms with van der Waals surface area (Å²) in [6, 6.07) is 6.93. The molecule has 0 spiro atoms. The monoisotopic (exact) mass is 312 g/mol. The molecule has 0 bridgehead atoms. The molecular weight excluding hydrogens is 288 g/mol. The lowest BCUT2D eigenvalue weighted by molar-refractivity contribution is 0.0355. The van der Waals surface area contributed by atoms with E-state index in [1.54, 1.807) is 6.33 Å². The molecule has 2 aromatic rings. The van der Waals surface area contributed by atoms with E-state index in [0.717, 1.165) is 50.7 Å². The molecule has 1 atom stereocenters. The van der Waals surface area contributed by atoms with Gasteiger partial charge in [-0.05, 0) is 31.4 Å². The fourth-order valence-corrected chi connectivity index (χ4v) is 3.84. The van der Waals surface area contributed by atoms with E-state index >= 15 is 0 Å². The number of aromatic nitrogens is 2. The Morgan fingerprint density at radius 3 is 2.91 bits per heavy atom. The normalized spacial score (nSPS) is 22.8. The number of para-hydroxylation sites is 1. The van der Waals surface area contributed by atoms with Crippen LogP contribution in [0.1, 0.15) is 18.4 Å². The second-order valence-electron chi connectivity index (χ2n) is 6.57. The molecule has 2 saturated heterocycles. The van der Waals surface area contributed by atoms with E-state index < -0.39 is 0 Å². The average Bonchev–Trinajstić information content (AvgIpc) is 3.04. The lowest BCUT2D eigenvalue weighted by Crippen LogP contribution is -2.45. The van der Waals surface area contributed by atoms with Crippen LogP contribution in [-0.2, 0) is 4.74 Å². The maximum atomic E-state index is 5.47. The molecule has 0 amide bonds. The van der Waals surface area contributed by atoms with Gasteiger partial charge in [0.05, 0.1) is 18.7 Å². The van der Waals surface area contributed by atoms with Crippen LogP contribution in [-0.4, -0.2) is 60.3 Å². The Kier molecular flexibility index (Phi) is 4.14. The Morgan fingerprint density at radius 1 is 1.17 bits per heavy atom. The minimum atomic E-state index is 0.548. The molecule has 5 nitrogen and oxygen atoms in total. The van der Waals surface area contributed by atoms with Crippen LogP contribution < -0.4 is 4.90 Å². The van der Waals surface area contributed by atoms with E-state index in [-0.39, 0.29) is 0 Å². The van der Waals surface area contributed by atoms with Crippen molar-refractivity contribution in [3.63, 3.8) is 0 Å². The summed E-state index contributed by atoms with van der Waals surface area (Å²) in [6.07, 6.45) is 4.20. The van der Waals surface area contributed by atoms with Gasteiger partial charge in [-0.3, -0.25) is 4.90 Å². The number of aryl methyl sites for hydroxylation is 1. The van der Waals surface area contributed by atoms with Crippen molar-refractivity contribution in [3.05, 3.63) is 30.1 Å². The molecule has 0 saturated carbocycles. The quantitative estimate of drug-likeness (QED) is 0.869. The number of ether oxygens (including phenoxy) is 1. The van der Waals surface area contributed by atoms with Gasteiger partial charge in [0.15, 0.2) is 0 Å². The first kappa shape index (κ1) is 14.8. The number of morpholine rings is 1. The maximum absolute atomic E-state index is 5.47. The summed E-state index contributed by atoms with van der Waals surface area (Å²) >= 11 is 0. The number of benzene rings is 1. The standard InChI is InChI=1S/C18H24N4O/c1-14-4-2-6-16-17(14)19-13-20-18(16)22-7-3-5-15(22)12-21-8-10-23-11-9-21/h2,4,6,13,15H,3,5,7-12H2,1H3/t15-/m0/s1. The van der Waals surface area contributed by atoms with Crippen LogP contribution in [0.3, 0.4) is 0 Å². The lowest BCUT2D eigenvalue weighted by Gasteiger charge is -2.33. The highest BCUT2D eigenvalue weighted by atomic mass is 16.5. The summed E-state index contributed by atoms with van der Waals surface area (Å²) in [5, 5.41) is 1.18. The molecule has 3 heterocycles. The smallest absolute Gasteiger partial charge is 0.140 e. The van der Waals surface area contributed by atoms with Gasteiger partial charge in [-0.1, -0.05) is 12.1 Å². The van der Waals surface area contributed by atoms with Crippen LogP contribution in [0, 0.1) is 6.92 Å². The Balaban J connectivity index is 1.62. The zero-order chi connectivity index (χ0) is 15.6. The molecule has 5 heteroatoms. The second-order valence-corrected chi connectivity index (χ2v) is 6.57. The van der Waals surface area contributed by atoms with Crippen molar-refractivity contribution in [2.24, 2.45) is 0 Å². The molecule has 2 fully saturated rings. The Labute approximate surface area is 137 Å². The van der Waals surface area contributed by atoms with Crippen molar-refractivity contribution in [2.75, 3.05) is 44.3 Å². The van der Waals surface area contributed by atoms with E-state index in [2.05, 4.69) is 44.9 Å². The molecule has 0 aliphatic carbocycles. The topological polar surface area (TPSA) is 41.5 Å². The number of hydrogen-bond acceptors (Lipinski definition) is 5. The first-order valence-corrected chi connectivity index (χ1v) is 8.60. The van der Waals surface area contributed by atoms with E-state index in [0.29, 0.717) is 6.04 Å². The van der Waals surface area contributed by atoms with Gasteiger partial charge in [0.2, 0.25) is 0 Å². The largest absolute Gasteiger partial charge is 0.379 e. The van der Waals surface area contributed by atoms with Crippen molar-refractivity contribution in [1.82, 2.24) is 14.9 Å². The van der Waals surface area contributed by atoms with Gasteiger partial charge in [-0.2, -0.15) is 0 Å². The van der Waals surface area contributed by atoms with Crippen molar-refractivity contribution in [2.45, 2.75) is 25.8 Å². The lowest BCUT2D eigenvalue weighted by atomic mass is 10.1. The Bertz CT molecular complexity index is 684. The highest BCUT2D eigenvalue weighted by Gasteiger charge is 2.29. The van der Waals surface area contributed by atoms with E-state index in [9.17, 15) is 0 Å². The van der Waals surface area contributed by atoms with E-state index in [4.69, 9.17) is 4.74 Å². The molecule has 1 aromatic heterocycles. The predicted molar refractivity (Wildman–Crippen MR) is 91.9 cm³/mol. The van der Waals surface area contributed by atoms with Crippen LogP contribution in [0.5, 0.6) is 0 Å². The number of rotatable bonds is 3. The average molecular weight is 312 g/mol. The first-order valence-electron chi connectivity index (χ1n) is 8.60. The van der Waals surface area contributed by atoms with Gasteiger partial charge in [0, 0.05) is 37.6 Å². The highest BCUT2D eigenvalue weighted by Crippen LogP contribution is 2.30. The van der Waals surface area contributed by atoms with Crippen molar-refractivity contribution >= 4 is 16.7 Å². The Hall–Kier alpha value is -1.72. The first-order chi connectivity index (χ1) is 11.3. The van der Waals surface area contributed by atoms with E-state index in [1.807, 2.05) is 0 Å². The third kappa shape index (κ3) is 2.91. The van der Waals surface area contributed by atoms with Crippen LogP contribution in [0.15, 0.2) is 24.5 Å². The molecule has 1 aromatic carbocycles. The van der Waals surface area contributed by atoms with Gasteiger partial charge >= 0.3 is 0 Å². The molecule has 122 valence electrons. The molecule has 0 unspecified atom stereocenters. The Morgan fingerprint density at radius 2 is 2.04 bits per heavy atom. The molecule has 4 rings (SSSR count). The zero-order valence-electron chi connectivity index (χ0n) is 13.7. The molecule has 2 aliphatic rings. The number of hydrogen-bond donors (Lipinski definition) is 0. The molecular formula is C18H24N4O. The predicted octanol–water partition coefficient (Wildman–Crippen LogP) is 2.24. The summed E-state index contributed by atoms with van der Waals surface area (Å²) in [5.41, 5.74) is 2.30. The van der Waals surface area contributed by atoms with Crippen LogP contribution in [0.4, 0.5) is 5.82 Å². The van der Waals surface area contributed by atoms with Crippen LogP contribution >= 0.6 is 0 Å². The number of anilines is 1. The van der Waals surface area contributed by atoms with Gasteiger partial charge in [0.1, 0.15) is 12.1 Å². The summed E-state index contributed by atoms with van der Waals surface area (Å²) < 4.78 is 5.47. The van der Waals surface area contributed by atoms with Gasteiger partial charge in [-0.15, -0.1) is 0 Å². The fraction of sp³-hybridized carbons (Fsp3) is 0.556. The minimum absolute atomic E-state index is 0.548. The summed E-state index contributed by atoms with van der Waals surface area (Å²) in [4.78, 5) is 14.2. The summed E-state index contributed by atoms with van der Waals surface area (Å²) in [5.74, 6) is 1.11. The van der Waals surface area contributed by atoms with Crippen molar-refractivity contribution in [3.8, 4) is 0 Å². The number of fused-ring (bicyclic) bond motifs is 1. The van der Waals surface area contributed by atoms with Crippen LogP contribution in [0.25, 0.3) is 10.9 Å². The molecule has 0 radical (unpaired) electrons. The molecule has 23 heavy (non-hydrogen) atoms. The SMILES string of the molecule is Cc1cccc2c(N3CCC[C@H]3CN3CCOCC3)ncnc12. The van der Waals surface area contributed by atoms with Gasteiger partial charge in [0.25, 0.3) is 0 Å². The molecule has 2 aliphatic heterocycles. The third-order valence-electron chi connectivity index (χ3n) is 5.07. The minimum Gasteiger partial charge on any atom is -0.379 e. The van der Waals surface area contributed by atoms with E-state index in [1.165, 1.54) is 23.8 Å². The summed E-state index contributed by atoms with van der Waals surface area (Å²) in [6.45, 7) is 8.15. The molecule has 0 N–H and O–H groups in total. The van der Waals surface area contributed by atoms with Crippen molar-refractivity contribution < 1.29 is 4.74 Å².